The highest BCUT2D eigenvalue weighted by molar-refractivity contribution is 7.19. The van der Waals surface area contributed by atoms with Gasteiger partial charge in [-0.2, -0.15) is 0 Å². The van der Waals surface area contributed by atoms with Crippen molar-refractivity contribution in [3.63, 3.8) is 0 Å². The van der Waals surface area contributed by atoms with Crippen LogP contribution in [0.5, 0.6) is 5.75 Å². The van der Waals surface area contributed by atoms with Crippen molar-refractivity contribution in [1.82, 2.24) is 9.88 Å². The molecule has 1 amide bonds. The van der Waals surface area contributed by atoms with Crippen molar-refractivity contribution >= 4 is 39.5 Å². The molecule has 0 spiro atoms. The van der Waals surface area contributed by atoms with Crippen LogP contribution in [0, 0.1) is 0 Å². The molecule has 0 aliphatic rings. The Morgan fingerprint density at radius 1 is 1.18 bits per heavy atom. The van der Waals surface area contributed by atoms with Crippen molar-refractivity contribution in [2.24, 2.45) is 0 Å². The lowest BCUT2D eigenvalue weighted by atomic mass is 10.2. The third-order valence-electron chi connectivity index (χ3n) is 3.99. The summed E-state index contributed by atoms with van der Waals surface area (Å²) in [6.45, 7) is 0.0820. The van der Waals surface area contributed by atoms with Gasteiger partial charge in [0.25, 0.3) is 5.91 Å². The summed E-state index contributed by atoms with van der Waals surface area (Å²) in [6, 6.07) is 15.2. The maximum absolute atomic E-state index is 12.2. The minimum Gasteiger partial charge on any atom is -0.497 e. The van der Waals surface area contributed by atoms with Crippen LogP contribution < -0.4 is 4.74 Å². The normalized spacial score (nSPS) is 10.9. The quantitative estimate of drug-likeness (QED) is 0.451. The minimum atomic E-state index is -0.581. The number of ether oxygens (including phenoxy) is 2. The number of esters is 1. The summed E-state index contributed by atoms with van der Waals surface area (Å²) in [5.74, 6) is -0.142. The van der Waals surface area contributed by atoms with Crippen molar-refractivity contribution in [1.29, 1.82) is 0 Å². The number of carbonyl (C=O) groups excluding carboxylic acids is 2. The largest absolute Gasteiger partial charge is 0.497 e. The highest BCUT2D eigenvalue weighted by atomic mass is 32.1. The molecule has 3 rings (SSSR count). The summed E-state index contributed by atoms with van der Waals surface area (Å²) in [4.78, 5) is 30.0. The van der Waals surface area contributed by atoms with Crippen LogP contribution in [0.3, 0.4) is 0 Å². The predicted molar refractivity (Wildman–Crippen MR) is 109 cm³/mol. The van der Waals surface area contributed by atoms with E-state index in [4.69, 9.17) is 9.47 Å². The first kappa shape index (κ1) is 19.6. The Kier molecular flexibility index (Phi) is 6.39. The van der Waals surface area contributed by atoms with Crippen molar-refractivity contribution in [3.8, 4) is 5.75 Å². The first-order valence-electron chi connectivity index (χ1n) is 8.62. The molecule has 6 nitrogen and oxygen atoms in total. The van der Waals surface area contributed by atoms with E-state index in [1.165, 1.54) is 22.3 Å². The van der Waals surface area contributed by atoms with Crippen molar-refractivity contribution < 1.29 is 19.1 Å². The van der Waals surface area contributed by atoms with E-state index in [9.17, 15) is 9.59 Å². The lowest BCUT2D eigenvalue weighted by Gasteiger charge is -2.17. The fourth-order valence-corrected chi connectivity index (χ4v) is 3.39. The standard InChI is InChI=1S/C21H20N2O4S/c1-23(13-15-6-5-7-16(12-15)26-2)20(24)14-27-21(25)11-10-19-22-17-8-3-4-9-18(17)28-19/h3-12H,13-14H2,1-2H3/b11-10+. The van der Waals surface area contributed by atoms with Crippen LogP contribution in [0.2, 0.25) is 0 Å². The van der Waals surface area contributed by atoms with Crippen LogP contribution in [0.15, 0.2) is 54.6 Å². The zero-order valence-electron chi connectivity index (χ0n) is 15.6. The molecule has 0 fully saturated rings. The molecule has 0 aliphatic heterocycles. The fourth-order valence-electron chi connectivity index (χ4n) is 2.52. The van der Waals surface area contributed by atoms with Gasteiger partial charge in [0.1, 0.15) is 10.8 Å². The highest BCUT2D eigenvalue weighted by Crippen LogP contribution is 2.22. The van der Waals surface area contributed by atoms with Crippen molar-refractivity contribution in [2.45, 2.75) is 6.54 Å². The first-order chi connectivity index (χ1) is 13.5. The number of thiazole rings is 1. The van der Waals surface area contributed by atoms with Gasteiger partial charge in [-0.15, -0.1) is 11.3 Å². The number of hydrogen-bond acceptors (Lipinski definition) is 6. The molecule has 28 heavy (non-hydrogen) atoms. The lowest BCUT2D eigenvalue weighted by Crippen LogP contribution is -2.30. The van der Waals surface area contributed by atoms with Crippen molar-refractivity contribution in [3.05, 3.63) is 65.2 Å². The summed E-state index contributed by atoms with van der Waals surface area (Å²) >= 11 is 1.48. The average molecular weight is 396 g/mol. The van der Waals surface area contributed by atoms with Crippen LogP contribution in [0.25, 0.3) is 16.3 Å². The minimum absolute atomic E-state index is 0.287. The predicted octanol–water partition coefficient (Wildman–Crippen LogP) is 3.52. The molecule has 1 aromatic heterocycles. The second-order valence-corrected chi connectivity index (χ2v) is 7.12. The molecule has 3 aromatic rings. The van der Waals surface area contributed by atoms with E-state index < -0.39 is 5.97 Å². The summed E-state index contributed by atoms with van der Waals surface area (Å²) in [6.07, 6.45) is 2.88. The fraction of sp³-hybridized carbons (Fsp3) is 0.190. The van der Waals surface area contributed by atoms with E-state index in [-0.39, 0.29) is 12.5 Å². The summed E-state index contributed by atoms with van der Waals surface area (Å²) < 4.78 is 11.3. The van der Waals surface area contributed by atoms with Gasteiger partial charge in [-0.3, -0.25) is 4.79 Å². The molecule has 0 aliphatic carbocycles. The first-order valence-corrected chi connectivity index (χ1v) is 9.44. The Morgan fingerprint density at radius 3 is 2.79 bits per heavy atom. The number of fused-ring (bicyclic) bond motifs is 1. The SMILES string of the molecule is COc1cccc(CN(C)C(=O)COC(=O)/C=C/c2nc3ccccc3s2)c1. The third-order valence-corrected chi connectivity index (χ3v) is 4.99. The van der Waals surface area contributed by atoms with Gasteiger partial charge in [-0.05, 0) is 35.9 Å². The molecule has 0 unspecified atom stereocenters. The lowest BCUT2D eigenvalue weighted by molar-refractivity contribution is -0.147. The molecule has 2 aromatic carbocycles. The number of amides is 1. The number of nitrogens with zero attached hydrogens (tertiary/aromatic N) is 2. The second kappa shape index (κ2) is 9.14. The zero-order chi connectivity index (χ0) is 19.9. The monoisotopic (exact) mass is 396 g/mol. The number of likely N-dealkylation sites (N-methyl/N-ethyl adjacent to an activating group) is 1. The molecule has 0 saturated carbocycles. The number of aromatic nitrogens is 1. The summed E-state index contributed by atoms with van der Waals surface area (Å²) in [5, 5.41) is 0.708. The van der Waals surface area contributed by atoms with Crippen LogP contribution in [0.1, 0.15) is 10.6 Å². The van der Waals surface area contributed by atoms with Gasteiger partial charge in [0, 0.05) is 19.7 Å². The smallest absolute Gasteiger partial charge is 0.331 e. The highest BCUT2D eigenvalue weighted by Gasteiger charge is 2.12. The Labute approximate surface area is 167 Å². The van der Waals surface area contributed by atoms with Crippen LogP contribution in [0.4, 0.5) is 0 Å². The maximum atomic E-state index is 12.2. The molecule has 0 atom stereocenters. The molecular weight excluding hydrogens is 376 g/mol. The maximum Gasteiger partial charge on any atom is 0.331 e. The number of para-hydroxylation sites is 1. The molecule has 0 N–H and O–H groups in total. The molecule has 144 valence electrons. The van der Waals surface area contributed by atoms with Gasteiger partial charge >= 0.3 is 5.97 Å². The Morgan fingerprint density at radius 2 is 2.00 bits per heavy atom. The van der Waals surface area contributed by atoms with Crippen molar-refractivity contribution in [2.75, 3.05) is 20.8 Å². The molecule has 0 bridgehead atoms. The van der Waals surface area contributed by atoms with E-state index in [0.717, 1.165) is 21.5 Å². The molecule has 0 radical (unpaired) electrons. The molecule has 0 saturated heterocycles. The molecular formula is C21H20N2O4S. The van der Waals surface area contributed by atoms with Gasteiger partial charge in [0.05, 0.1) is 17.3 Å². The average Bonchev–Trinajstić information content (AvgIpc) is 3.13. The van der Waals surface area contributed by atoms with Crippen LogP contribution >= 0.6 is 11.3 Å². The Bertz CT molecular complexity index is 979. The summed E-state index contributed by atoms with van der Waals surface area (Å²) in [5.41, 5.74) is 1.81. The van der Waals surface area contributed by atoms with Crippen LogP contribution in [-0.2, 0) is 20.9 Å². The van der Waals surface area contributed by atoms with E-state index >= 15 is 0 Å². The van der Waals surface area contributed by atoms with Gasteiger partial charge < -0.3 is 14.4 Å². The Hall–Kier alpha value is -3.19. The van der Waals surface area contributed by atoms with Gasteiger partial charge in [0.2, 0.25) is 0 Å². The number of rotatable bonds is 7. The van der Waals surface area contributed by atoms with E-state index in [2.05, 4.69) is 4.98 Å². The number of methoxy groups -OCH3 is 1. The number of benzene rings is 2. The van der Waals surface area contributed by atoms with E-state index in [1.807, 2.05) is 48.5 Å². The second-order valence-electron chi connectivity index (χ2n) is 6.06. The zero-order valence-corrected chi connectivity index (χ0v) is 16.4. The van der Waals surface area contributed by atoms with E-state index in [0.29, 0.717) is 11.6 Å². The Balaban J connectivity index is 1.49. The summed E-state index contributed by atoms with van der Waals surface area (Å²) in [7, 11) is 3.25. The van der Waals surface area contributed by atoms with Gasteiger partial charge in [0.15, 0.2) is 6.61 Å². The van der Waals surface area contributed by atoms with Gasteiger partial charge in [-0.25, -0.2) is 9.78 Å². The van der Waals surface area contributed by atoms with Crippen LogP contribution in [-0.4, -0.2) is 42.5 Å². The number of carbonyl (C=O) groups is 2. The van der Waals surface area contributed by atoms with E-state index in [1.54, 1.807) is 20.2 Å². The topological polar surface area (TPSA) is 68.7 Å². The number of hydrogen-bond donors (Lipinski definition) is 0. The molecule has 1 heterocycles. The third kappa shape index (κ3) is 5.17. The van der Waals surface area contributed by atoms with Gasteiger partial charge in [-0.1, -0.05) is 24.3 Å². The molecule has 7 heteroatoms.